The van der Waals surface area contributed by atoms with Gasteiger partial charge in [0.15, 0.2) is 0 Å². The van der Waals surface area contributed by atoms with Crippen molar-refractivity contribution in [3.05, 3.63) is 58.6 Å². The Hall–Kier alpha value is -2.78. The van der Waals surface area contributed by atoms with Crippen LogP contribution in [0.25, 0.3) is 0 Å². The number of carbonyl (C=O) groups excluding carboxylic acids is 2. The second-order valence-corrected chi connectivity index (χ2v) is 10.7. The average Bonchev–Trinajstić information content (AvgIpc) is 2.82. The van der Waals surface area contributed by atoms with Gasteiger partial charge in [-0.2, -0.15) is 0 Å². The Morgan fingerprint density at radius 1 is 1.17 bits per heavy atom. The van der Waals surface area contributed by atoms with Gasteiger partial charge in [0.1, 0.15) is 18.3 Å². The summed E-state index contributed by atoms with van der Waals surface area (Å²) in [5, 5.41) is 3.24. The van der Waals surface area contributed by atoms with Crippen molar-refractivity contribution < 1.29 is 22.7 Å². The molecule has 2 amide bonds. The third kappa shape index (κ3) is 7.86. The first kappa shape index (κ1) is 28.5. The third-order valence-electron chi connectivity index (χ3n) is 5.67. The van der Waals surface area contributed by atoms with Gasteiger partial charge in [-0.15, -0.1) is 0 Å². The van der Waals surface area contributed by atoms with Crippen molar-refractivity contribution in [1.82, 2.24) is 10.2 Å². The highest BCUT2D eigenvalue weighted by molar-refractivity contribution is 7.92. The summed E-state index contributed by atoms with van der Waals surface area (Å²) < 4.78 is 31.7. The van der Waals surface area contributed by atoms with Gasteiger partial charge in [0, 0.05) is 18.1 Å². The highest BCUT2D eigenvalue weighted by atomic mass is 35.5. The highest BCUT2D eigenvalue weighted by Crippen LogP contribution is 2.28. The van der Waals surface area contributed by atoms with Crippen LogP contribution < -0.4 is 14.4 Å². The first-order chi connectivity index (χ1) is 16.5. The average molecular weight is 524 g/mol. The van der Waals surface area contributed by atoms with Crippen LogP contribution in [0, 0.1) is 6.92 Å². The summed E-state index contributed by atoms with van der Waals surface area (Å²) in [5.41, 5.74) is 1.60. The van der Waals surface area contributed by atoms with E-state index in [4.69, 9.17) is 16.3 Å². The lowest BCUT2D eigenvalue weighted by Crippen LogP contribution is -2.51. The number of halogens is 1. The molecule has 8 nitrogen and oxygen atoms in total. The molecule has 0 fully saturated rings. The van der Waals surface area contributed by atoms with Gasteiger partial charge in [0.2, 0.25) is 21.8 Å². The summed E-state index contributed by atoms with van der Waals surface area (Å²) in [7, 11) is -2.28. The molecule has 0 aliphatic carbocycles. The first-order valence-electron chi connectivity index (χ1n) is 11.4. The lowest BCUT2D eigenvalue weighted by Gasteiger charge is -2.32. The molecule has 0 aliphatic rings. The number of anilines is 1. The van der Waals surface area contributed by atoms with Gasteiger partial charge >= 0.3 is 0 Å². The molecule has 0 aromatic heterocycles. The topological polar surface area (TPSA) is 96.0 Å². The molecule has 1 atom stereocenters. The van der Waals surface area contributed by atoms with Crippen molar-refractivity contribution in [1.29, 1.82) is 0 Å². The second-order valence-electron chi connectivity index (χ2n) is 8.35. The van der Waals surface area contributed by atoms with E-state index in [1.807, 2.05) is 13.0 Å². The van der Waals surface area contributed by atoms with Crippen LogP contribution in [0.3, 0.4) is 0 Å². The van der Waals surface area contributed by atoms with E-state index < -0.39 is 28.5 Å². The molecule has 10 heteroatoms. The quantitative estimate of drug-likeness (QED) is 0.427. The van der Waals surface area contributed by atoms with Gasteiger partial charge in [-0.05, 0) is 55.7 Å². The maximum absolute atomic E-state index is 13.6. The zero-order valence-corrected chi connectivity index (χ0v) is 22.4. The zero-order chi connectivity index (χ0) is 26.2. The van der Waals surface area contributed by atoms with Crippen LogP contribution in [0.4, 0.5) is 5.69 Å². The minimum absolute atomic E-state index is 0.102. The Balaban J connectivity index is 2.41. The fourth-order valence-corrected chi connectivity index (χ4v) is 4.62. The third-order valence-corrected chi connectivity index (χ3v) is 7.21. The molecule has 0 aliphatic heterocycles. The van der Waals surface area contributed by atoms with E-state index in [-0.39, 0.29) is 12.5 Å². The van der Waals surface area contributed by atoms with Crippen molar-refractivity contribution in [3.8, 4) is 5.75 Å². The number of carbonyl (C=O) groups is 2. The smallest absolute Gasteiger partial charge is 0.244 e. The minimum atomic E-state index is -3.83. The summed E-state index contributed by atoms with van der Waals surface area (Å²) in [6, 6.07) is 11.2. The van der Waals surface area contributed by atoms with Crippen LogP contribution in [0.15, 0.2) is 42.5 Å². The van der Waals surface area contributed by atoms with E-state index in [9.17, 15) is 18.0 Å². The first-order valence-corrected chi connectivity index (χ1v) is 13.6. The van der Waals surface area contributed by atoms with Crippen molar-refractivity contribution in [3.63, 3.8) is 0 Å². The van der Waals surface area contributed by atoms with Crippen molar-refractivity contribution in [2.75, 3.05) is 30.8 Å². The fraction of sp³-hybridized carbons (Fsp3) is 0.440. The number of benzene rings is 2. The molecule has 2 aromatic rings. The number of rotatable bonds is 12. The summed E-state index contributed by atoms with van der Waals surface area (Å²) in [6.07, 6.45) is 2.77. The molecule has 0 unspecified atom stereocenters. The van der Waals surface area contributed by atoms with E-state index in [1.54, 1.807) is 57.4 Å². The Morgan fingerprint density at radius 2 is 1.86 bits per heavy atom. The van der Waals surface area contributed by atoms with E-state index >= 15 is 0 Å². The van der Waals surface area contributed by atoms with Crippen LogP contribution in [-0.2, 0) is 26.2 Å². The van der Waals surface area contributed by atoms with E-state index in [1.165, 1.54) is 4.90 Å². The molecule has 0 saturated carbocycles. The standard InChI is InChI=1S/C25H34ClN3O5S/c1-6-7-14-27-25(31)19(3)28(16-20-10-8-11-21(15-20)34-4)24(30)17-29(35(5,32)33)23-13-9-12-22(26)18(23)2/h8-13,15,19H,6-7,14,16-17H2,1-5H3,(H,27,31)/t19-/m1/s1. The normalized spacial score (nSPS) is 12.1. The number of nitrogens with zero attached hydrogens (tertiary/aromatic N) is 2. The number of unbranched alkanes of at least 4 members (excludes halogenated alkanes) is 1. The molecule has 0 bridgehead atoms. The Morgan fingerprint density at radius 3 is 2.49 bits per heavy atom. The SMILES string of the molecule is CCCCNC(=O)[C@@H](C)N(Cc1cccc(OC)c1)C(=O)CN(c1cccc(Cl)c1C)S(C)(=O)=O. The number of hydrogen-bond donors (Lipinski definition) is 1. The van der Waals surface area contributed by atoms with Gasteiger partial charge in [0.05, 0.1) is 19.1 Å². The zero-order valence-electron chi connectivity index (χ0n) is 20.9. The molecule has 0 spiro atoms. The number of methoxy groups -OCH3 is 1. The minimum Gasteiger partial charge on any atom is -0.497 e. The molecule has 0 heterocycles. The van der Waals surface area contributed by atoms with Crippen LogP contribution in [0.2, 0.25) is 5.02 Å². The van der Waals surface area contributed by atoms with Crippen molar-refractivity contribution >= 4 is 39.1 Å². The Bertz CT molecular complexity index is 1140. The summed E-state index contributed by atoms with van der Waals surface area (Å²) >= 11 is 6.21. The lowest BCUT2D eigenvalue weighted by atomic mass is 10.1. The fourth-order valence-electron chi connectivity index (χ4n) is 3.55. The molecular weight excluding hydrogens is 490 g/mol. The summed E-state index contributed by atoms with van der Waals surface area (Å²) in [4.78, 5) is 27.8. The van der Waals surface area contributed by atoms with E-state index in [0.29, 0.717) is 28.6 Å². The molecule has 0 saturated heterocycles. The lowest BCUT2D eigenvalue weighted by molar-refractivity contribution is -0.139. The maximum atomic E-state index is 13.6. The van der Waals surface area contributed by atoms with Crippen LogP contribution in [0.1, 0.15) is 37.8 Å². The molecule has 35 heavy (non-hydrogen) atoms. The van der Waals surface area contributed by atoms with E-state index in [0.717, 1.165) is 29.0 Å². The molecular formula is C25H34ClN3O5S. The summed E-state index contributed by atoms with van der Waals surface area (Å²) in [6.45, 7) is 5.47. The number of amides is 2. The largest absolute Gasteiger partial charge is 0.497 e. The predicted molar refractivity (Wildman–Crippen MR) is 139 cm³/mol. The molecule has 192 valence electrons. The monoisotopic (exact) mass is 523 g/mol. The Labute approximate surface area is 213 Å². The number of nitrogens with one attached hydrogen (secondary N) is 1. The van der Waals surface area contributed by atoms with Gasteiger partial charge in [-0.3, -0.25) is 13.9 Å². The van der Waals surface area contributed by atoms with Gasteiger partial charge in [-0.1, -0.05) is 43.1 Å². The molecule has 1 N–H and O–H groups in total. The molecule has 0 radical (unpaired) electrons. The molecule has 2 aromatic carbocycles. The second kappa shape index (κ2) is 12.8. The van der Waals surface area contributed by atoms with Crippen LogP contribution >= 0.6 is 11.6 Å². The van der Waals surface area contributed by atoms with Gasteiger partial charge in [-0.25, -0.2) is 8.42 Å². The Kier molecular flexibility index (Phi) is 10.4. The number of sulfonamides is 1. The predicted octanol–water partition coefficient (Wildman–Crippen LogP) is 3.76. The maximum Gasteiger partial charge on any atom is 0.244 e. The van der Waals surface area contributed by atoms with Crippen molar-refractivity contribution in [2.45, 2.75) is 46.2 Å². The highest BCUT2D eigenvalue weighted by Gasteiger charge is 2.30. The van der Waals surface area contributed by atoms with Crippen molar-refractivity contribution in [2.24, 2.45) is 0 Å². The number of ether oxygens (including phenoxy) is 1. The van der Waals surface area contributed by atoms with Gasteiger partial charge in [0.25, 0.3) is 0 Å². The van der Waals surface area contributed by atoms with Gasteiger partial charge < -0.3 is 15.0 Å². The summed E-state index contributed by atoms with van der Waals surface area (Å²) in [5.74, 6) is -0.211. The van der Waals surface area contributed by atoms with Crippen LogP contribution in [-0.4, -0.2) is 57.6 Å². The van der Waals surface area contributed by atoms with Crippen LogP contribution in [0.5, 0.6) is 5.75 Å². The van der Waals surface area contributed by atoms with E-state index in [2.05, 4.69) is 5.32 Å². The number of hydrogen-bond acceptors (Lipinski definition) is 5. The molecule has 2 rings (SSSR count).